The molecule has 0 aliphatic carbocycles. The summed E-state index contributed by atoms with van der Waals surface area (Å²) in [4.78, 5) is 0. The molecule has 0 bridgehead atoms. The van der Waals surface area contributed by atoms with Crippen molar-refractivity contribution in [3.05, 3.63) is 30.3 Å². The van der Waals surface area contributed by atoms with Gasteiger partial charge in [-0.15, -0.1) is 5.11 Å². The van der Waals surface area contributed by atoms with Gasteiger partial charge in [0.05, 0.1) is 18.9 Å². The van der Waals surface area contributed by atoms with Crippen LogP contribution in [-0.4, -0.2) is 31.3 Å². The maximum atomic E-state index is 5.21. The van der Waals surface area contributed by atoms with E-state index in [1.807, 2.05) is 35.3 Å². The average Bonchev–Trinajstić information content (AvgIpc) is 2.32. The molecule has 1 N–H and O–H groups in total. The highest BCUT2D eigenvalue weighted by Gasteiger charge is 2.07. The van der Waals surface area contributed by atoms with Gasteiger partial charge in [-0.2, -0.15) is 0 Å². The van der Waals surface area contributed by atoms with Crippen molar-refractivity contribution in [3.63, 3.8) is 0 Å². The lowest BCUT2D eigenvalue weighted by atomic mass is 10.3. The van der Waals surface area contributed by atoms with Crippen LogP contribution in [0.25, 0.3) is 0 Å². The van der Waals surface area contributed by atoms with Gasteiger partial charge in [-0.25, -0.2) is 10.5 Å². The smallest absolute Gasteiger partial charge is 0.0874 e. The highest BCUT2D eigenvalue weighted by atomic mass is 16.5. The molecule has 1 aromatic carbocycles. The minimum Gasteiger partial charge on any atom is -0.379 e. The molecule has 2 rings (SSSR count). The van der Waals surface area contributed by atoms with E-state index < -0.39 is 0 Å². The molecule has 1 saturated heterocycles. The molecule has 80 valence electrons. The maximum Gasteiger partial charge on any atom is 0.0874 e. The quantitative estimate of drug-likeness (QED) is 0.602. The zero-order valence-electron chi connectivity index (χ0n) is 8.47. The summed E-state index contributed by atoms with van der Waals surface area (Å²) in [5, 5.41) is 9.92. The van der Waals surface area contributed by atoms with Crippen molar-refractivity contribution in [1.82, 2.24) is 10.5 Å². The fourth-order valence-corrected chi connectivity index (χ4v) is 1.30. The van der Waals surface area contributed by atoms with Gasteiger partial charge < -0.3 is 4.74 Å². The van der Waals surface area contributed by atoms with Crippen molar-refractivity contribution in [2.45, 2.75) is 0 Å². The fraction of sp³-hybridized carbons (Fsp3) is 0.400. The molecule has 5 nitrogen and oxygen atoms in total. The third-order valence-corrected chi connectivity index (χ3v) is 2.12. The molecule has 1 aromatic rings. The predicted molar refractivity (Wildman–Crippen MR) is 56.5 cm³/mol. The topological polar surface area (TPSA) is 49.2 Å². The SMILES string of the molecule is c1ccc(N=NNN2CCOCC2)cc1. The van der Waals surface area contributed by atoms with Crippen molar-refractivity contribution in [1.29, 1.82) is 0 Å². The minimum atomic E-state index is 0.744. The van der Waals surface area contributed by atoms with E-state index in [9.17, 15) is 0 Å². The Balaban J connectivity index is 1.79. The Morgan fingerprint density at radius 1 is 1.13 bits per heavy atom. The summed E-state index contributed by atoms with van der Waals surface area (Å²) >= 11 is 0. The van der Waals surface area contributed by atoms with E-state index in [1.165, 1.54) is 0 Å². The molecule has 0 spiro atoms. The number of hydrogen-bond donors (Lipinski definition) is 1. The molecule has 0 atom stereocenters. The third-order valence-electron chi connectivity index (χ3n) is 2.12. The van der Waals surface area contributed by atoms with Crippen molar-refractivity contribution < 1.29 is 4.74 Å². The van der Waals surface area contributed by atoms with Gasteiger partial charge >= 0.3 is 0 Å². The van der Waals surface area contributed by atoms with Gasteiger partial charge in [0.2, 0.25) is 0 Å². The first-order valence-electron chi connectivity index (χ1n) is 4.99. The standard InChI is InChI=1S/C10H14N4O/c1-2-4-10(5-3-1)11-12-13-14-6-8-15-9-7-14/h1-5H,6-9H2,(H,11,13). The van der Waals surface area contributed by atoms with Gasteiger partial charge in [0.25, 0.3) is 0 Å². The molecule has 0 unspecified atom stereocenters. The molecule has 0 radical (unpaired) electrons. The Hall–Kier alpha value is -1.46. The highest BCUT2D eigenvalue weighted by molar-refractivity contribution is 5.34. The molecule has 0 saturated carbocycles. The molecule has 0 aromatic heterocycles. The van der Waals surface area contributed by atoms with Gasteiger partial charge in [-0.05, 0) is 12.1 Å². The molecular formula is C10H14N4O. The van der Waals surface area contributed by atoms with Gasteiger partial charge in [0.1, 0.15) is 0 Å². The van der Waals surface area contributed by atoms with E-state index in [4.69, 9.17) is 4.74 Å². The molecule has 1 heterocycles. The highest BCUT2D eigenvalue weighted by Crippen LogP contribution is 2.09. The number of hydrogen-bond acceptors (Lipinski definition) is 4. The molecule has 5 heteroatoms. The van der Waals surface area contributed by atoms with Crippen LogP contribution in [0, 0.1) is 0 Å². The van der Waals surface area contributed by atoms with Gasteiger partial charge in [-0.1, -0.05) is 23.4 Å². The van der Waals surface area contributed by atoms with Crippen molar-refractivity contribution in [2.24, 2.45) is 10.3 Å². The lowest BCUT2D eigenvalue weighted by Crippen LogP contribution is -2.43. The maximum absolute atomic E-state index is 5.21. The summed E-state index contributed by atoms with van der Waals surface area (Å²) in [6.45, 7) is 3.17. The van der Waals surface area contributed by atoms with Crippen molar-refractivity contribution in [2.75, 3.05) is 26.3 Å². The number of rotatable bonds is 3. The fourth-order valence-electron chi connectivity index (χ4n) is 1.30. The number of ether oxygens (including phenoxy) is 1. The summed E-state index contributed by atoms with van der Waals surface area (Å²) in [5.74, 6) is 0. The first-order valence-corrected chi connectivity index (χ1v) is 4.99. The van der Waals surface area contributed by atoms with Crippen LogP contribution < -0.4 is 5.53 Å². The predicted octanol–water partition coefficient (Wildman–Crippen LogP) is 1.52. The Kier molecular flexibility index (Phi) is 3.64. The largest absolute Gasteiger partial charge is 0.379 e. The average molecular weight is 206 g/mol. The zero-order chi connectivity index (χ0) is 10.3. The lowest BCUT2D eigenvalue weighted by molar-refractivity contribution is 0.0110. The van der Waals surface area contributed by atoms with Crippen molar-refractivity contribution in [3.8, 4) is 0 Å². The number of nitrogens with one attached hydrogen (secondary N) is 1. The summed E-state index contributed by atoms with van der Waals surface area (Å²) in [7, 11) is 0. The van der Waals surface area contributed by atoms with E-state index in [1.54, 1.807) is 0 Å². The summed E-state index contributed by atoms with van der Waals surface area (Å²) < 4.78 is 5.21. The number of hydrazine groups is 1. The molecular weight excluding hydrogens is 192 g/mol. The van der Waals surface area contributed by atoms with Gasteiger partial charge in [-0.3, -0.25) is 0 Å². The van der Waals surface area contributed by atoms with Crippen LogP contribution in [0.3, 0.4) is 0 Å². The summed E-state index contributed by atoms with van der Waals surface area (Å²) in [5.41, 5.74) is 3.73. The molecule has 1 aliphatic heterocycles. The molecule has 1 aliphatic rings. The number of benzene rings is 1. The van der Waals surface area contributed by atoms with Crippen LogP contribution in [0.15, 0.2) is 40.7 Å². The van der Waals surface area contributed by atoms with Crippen molar-refractivity contribution >= 4 is 5.69 Å². The van der Waals surface area contributed by atoms with Crippen LogP contribution in [0.1, 0.15) is 0 Å². The second-order valence-corrected chi connectivity index (χ2v) is 3.23. The van der Waals surface area contributed by atoms with Crippen LogP contribution >= 0.6 is 0 Å². The normalized spacial score (nSPS) is 18.1. The van der Waals surface area contributed by atoms with E-state index in [0.717, 1.165) is 32.0 Å². The Morgan fingerprint density at radius 2 is 1.87 bits per heavy atom. The van der Waals surface area contributed by atoms with Gasteiger partial charge in [0, 0.05) is 13.1 Å². The molecule has 15 heavy (non-hydrogen) atoms. The van der Waals surface area contributed by atoms with Crippen LogP contribution in [0.2, 0.25) is 0 Å². The van der Waals surface area contributed by atoms with E-state index in [0.29, 0.717) is 0 Å². The number of morpholine rings is 1. The summed E-state index contributed by atoms with van der Waals surface area (Å²) in [6.07, 6.45) is 0. The Morgan fingerprint density at radius 3 is 2.60 bits per heavy atom. The Labute approximate surface area is 88.7 Å². The lowest BCUT2D eigenvalue weighted by Gasteiger charge is -2.24. The second-order valence-electron chi connectivity index (χ2n) is 3.23. The Bertz CT molecular complexity index is 308. The monoisotopic (exact) mass is 206 g/mol. The van der Waals surface area contributed by atoms with Crippen LogP contribution in [0.5, 0.6) is 0 Å². The van der Waals surface area contributed by atoms with E-state index in [2.05, 4.69) is 15.9 Å². The van der Waals surface area contributed by atoms with E-state index >= 15 is 0 Å². The molecule has 1 fully saturated rings. The zero-order valence-corrected chi connectivity index (χ0v) is 8.47. The first-order chi connectivity index (χ1) is 7.45. The van der Waals surface area contributed by atoms with E-state index in [-0.39, 0.29) is 0 Å². The van der Waals surface area contributed by atoms with Gasteiger partial charge in [0.15, 0.2) is 0 Å². The van der Waals surface area contributed by atoms with Crippen LogP contribution in [-0.2, 0) is 4.74 Å². The third kappa shape index (κ3) is 3.30. The second kappa shape index (κ2) is 5.43. The number of nitrogens with zero attached hydrogens (tertiary/aromatic N) is 3. The summed E-state index contributed by atoms with van der Waals surface area (Å²) in [6, 6.07) is 9.63. The first kappa shape index (κ1) is 10.1. The molecule has 0 amide bonds. The minimum absolute atomic E-state index is 0.744. The van der Waals surface area contributed by atoms with Crippen LogP contribution in [0.4, 0.5) is 5.69 Å².